The molecule has 8 heteroatoms. The third-order valence-electron chi connectivity index (χ3n) is 5.09. The van der Waals surface area contributed by atoms with Gasteiger partial charge in [-0.1, -0.05) is 6.92 Å². The number of carbonyl (C=O) groups excluding carboxylic acids is 1. The summed E-state index contributed by atoms with van der Waals surface area (Å²) in [4.78, 5) is 26.0. The minimum atomic E-state index is -0.449. The van der Waals surface area contributed by atoms with Gasteiger partial charge in [-0.2, -0.15) is 0 Å². The van der Waals surface area contributed by atoms with Crippen LogP contribution in [0.5, 0.6) is 11.5 Å². The van der Waals surface area contributed by atoms with Crippen LogP contribution in [0.3, 0.4) is 0 Å². The number of nitro benzene ring substituents is 1. The molecule has 1 saturated heterocycles. The van der Waals surface area contributed by atoms with Gasteiger partial charge in [0, 0.05) is 30.8 Å². The van der Waals surface area contributed by atoms with Crippen molar-refractivity contribution in [2.24, 2.45) is 5.92 Å². The molecule has 2 aromatic carbocycles. The molecule has 1 atom stereocenters. The van der Waals surface area contributed by atoms with Crippen molar-refractivity contribution in [2.45, 2.75) is 19.8 Å². The molecular weight excluding hydrogens is 374 g/mol. The molecule has 0 saturated carbocycles. The highest BCUT2D eigenvalue weighted by atomic mass is 16.6. The van der Waals surface area contributed by atoms with Crippen LogP contribution in [-0.2, 0) is 0 Å². The Kier molecular flexibility index (Phi) is 6.21. The first-order valence-electron chi connectivity index (χ1n) is 9.49. The largest absolute Gasteiger partial charge is 0.497 e. The van der Waals surface area contributed by atoms with Gasteiger partial charge in [-0.15, -0.1) is 0 Å². The highest BCUT2D eigenvalue weighted by Crippen LogP contribution is 2.33. The Hall–Kier alpha value is -3.29. The molecule has 0 radical (unpaired) electrons. The first-order chi connectivity index (χ1) is 13.9. The zero-order valence-corrected chi connectivity index (χ0v) is 16.8. The van der Waals surface area contributed by atoms with Crippen molar-refractivity contribution in [2.75, 3.05) is 37.5 Å². The van der Waals surface area contributed by atoms with Gasteiger partial charge in [-0.05, 0) is 43.0 Å². The number of benzene rings is 2. The Labute approximate surface area is 169 Å². The predicted molar refractivity (Wildman–Crippen MR) is 111 cm³/mol. The molecule has 2 aromatic rings. The lowest BCUT2D eigenvalue weighted by atomic mass is 9.99. The smallest absolute Gasteiger partial charge is 0.293 e. The monoisotopic (exact) mass is 399 g/mol. The molecule has 0 unspecified atom stereocenters. The van der Waals surface area contributed by atoms with Crippen LogP contribution in [0.15, 0.2) is 36.4 Å². The topological polar surface area (TPSA) is 93.9 Å². The van der Waals surface area contributed by atoms with Gasteiger partial charge in [-0.3, -0.25) is 14.9 Å². The van der Waals surface area contributed by atoms with Gasteiger partial charge in [0.25, 0.3) is 11.6 Å². The van der Waals surface area contributed by atoms with E-state index in [4.69, 9.17) is 9.47 Å². The number of ether oxygens (including phenoxy) is 2. The average molecular weight is 399 g/mol. The van der Waals surface area contributed by atoms with Crippen LogP contribution in [0, 0.1) is 16.0 Å². The van der Waals surface area contributed by atoms with E-state index < -0.39 is 10.8 Å². The number of methoxy groups -OCH3 is 2. The van der Waals surface area contributed by atoms with Crippen molar-refractivity contribution < 1.29 is 19.2 Å². The van der Waals surface area contributed by atoms with E-state index in [0.717, 1.165) is 25.9 Å². The Bertz CT molecular complexity index is 915. The summed E-state index contributed by atoms with van der Waals surface area (Å²) in [7, 11) is 3.03. The Morgan fingerprint density at radius 1 is 1.21 bits per heavy atom. The van der Waals surface area contributed by atoms with E-state index in [2.05, 4.69) is 12.2 Å². The lowest BCUT2D eigenvalue weighted by Gasteiger charge is -2.32. The van der Waals surface area contributed by atoms with Crippen molar-refractivity contribution >= 4 is 23.0 Å². The van der Waals surface area contributed by atoms with E-state index in [1.54, 1.807) is 30.3 Å². The van der Waals surface area contributed by atoms with E-state index in [-0.39, 0.29) is 11.3 Å². The summed E-state index contributed by atoms with van der Waals surface area (Å²) >= 11 is 0. The number of piperidine rings is 1. The molecule has 29 heavy (non-hydrogen) atoms. The van der Waals surface area contributed by atoms with Gasteiger partial charge in [0.2, 0.25) is 0 Å². The number of amides is 1. The lowest BCUT2D eigenvalue weighted by Crippen LogP contribution is -2.34. The molecule has 1 N–H and O–H groups in total. The third kappa shape index (κ3) is 4.59. The van der Waals surface area contributed by atoms with Crippen molar-refractivity contribution in [3.8, 4) is 11.5 Å². The molecule has 3 rings (SSSR count). The van der Waals surface area contributed by atoms with Gasteiger partial charge in [0.15, 0.2) is 0 Å². The van der Waals surface area contributed by atoms with Crippen molar-refractivity contribution in [1.82, 2.24) is 0 Å². The van der Waals surface area contributed by atoms with Crippen LogP contribution in [0.4, 0.5) is 17.1 Å². The summed E-state index contributed by atoms with van der Waals surface area (Å²) in [5, 5.41) is 14.4. The molecule has 0 spiro atoms. The minimum Gasteiger partial charge on any atom is -0.497 e. The average Bonchev–Trinajstić information content (AvgIpc) is 2.73. The van der Waals surface area contributed by atoms with Crippen LogP contribution < -0.4 is 19.7 Å². The molecule has 1 heterocycles. The Morgan fingerprint density at radius 2 is 2.00 bits per heavy atom. The molecule has 1 aliphatic heterocycles. The summed E-state index contributed by atoms with van der Waals surface area (Å²) < 4.78 is 10.4. The zero-order valence-electron chi connectivity index (χ0n) is 16.8. The van der Waals surface area contributed by atoms with E-state index in [1.807, 2.05) is 4.90 Å². The van der Waals surface area contributed by atoms with E-state index >= 15 is 0 Å². The molecular formula is C21H25N3O5. The first kappa shape index (κ1) is 20.4. The maximum atomic E-state index is 12.7. The Morgan fingerprint density at radius 3 is 2.66 bits per heavy atom. The van der Waals surface area contributed by atoms with Crippen LogP contribution >= 0.6 is 0 Å². The maximum Gasteiger partial charge on any atom is 0.293 e. The summed E-state index contributed by atoms with van der Waals surface area (Å²) in [5.41, 5.74) is 1.16. The molecule has 154 valence electrons. The third-order valence-corrected chi connectivity index (χ3v) is 5.09. The van der Waals surface area contributed by atoms with Crippen LogP contribution in [-0.4, -0.2) is 38.1 Å². The number of nitrogens with zero attached hydrogens (tertiary/aromatic N) is 2. The maximum absolute atomic E-state index is 12.7. The predicted octanol–water partition coefficient (Wildman–Crippen LogP) is 4.10. The number of hydrogen-bond acceptors (Lipinski definition) is 6. The standard InChI is InChI=1S/C21H25N3O5/c1-14-5-4-10-23(13-14)18-9-6-15(11-19(18)24(26)27)21(25)22-17-8-7-16(28-2)12-20(17)29-3/h6-9,11-12,14H,4-5,10,13H2,1-3H3,(H,22,25)/t14-/m0/s1. The molecule has 1 aliphatic rings. The molecule has 0 aliphatic carbocycles. The summed E-state index contributed by atoms with van der Waals surface area (Å²) in [6.07, 6.45) is 2.12. The highest BCUT2D eigenvalue weighted by molar-refractivity contribution is 6.06. The van der Waals surface area contributed by atoms with Crippen molar-refractivity contribution in [1.29, 1.82) is 0 Å². The van der Waals surface area contributed by atoms with Crippen molar-refractivity contribution in [3.05, 3.63) is 52.1 Å². The first-order valence-corrected chi connectivity index (χ1v) is 9.49. The second-order valence-electron chi connectivity index (χ2n) is 7.17. The van der Waals surface area contributed by atoms with Gasteiger partial charge in [0.1, 0.15) is 17.2 Å². The molecule has 0 bridgehead atoms. The van der Waals surface area contributed by atoms with E-state index in [1.165, 1.54) is 20.3 Å². The quantitative estimate of drug-likeness (QED) is 0.581. The van der Waals surface area contributed by atoms with Gasteiger partial charge >= 0.3 is 0 Å². The Balaban J connectivity index is 1.86. The zero-order chi connectivity index (χ0) is 21.0. The number of rotatable bonds is 6. The fourth-order valence-corrected chi connectivity index (χ4v) is 3.58. The van der Waals surface area contributed by atoms with Crippen LogP contribution in [0.1, 0.15) is 30.1 Å². The second kappa shape index (κ2) is 8.81. The fraction of sp³-hybridized carbons (Fsp3) is 0.381. The SMILES string of the molecule is COc1ccc(NC(=O)c2ccc(N3CCC[C@H](C)C3)c([N+](=O)[O-])c2)c(OC)c1. The number of hydrogen-bond donors (Lipinski definition) is 1. The highest BCUT2D eigenvalue weighted by Gasteiger charge is 2.25. The molecule has 0 aromatic heterocycles. The van der Waals surface area contributed by atoms with E-state index in [0.29, 0.717) is 28.8 Å². The number of carbonyl (C=O) groups is 1. The second-order valence-corrected chi connectivity index (χ2v) is 7.17. The number of nitro groups is 1. The number of anilines is 2. The fourth-order valence-electron chi connectivity index (χ4n) is 3.58. The lowest BCUT2D eigenvalue weighted by molar-refractivity contribution is -0.384. The molecule has 1 fully saturated rings. The van der Waals surface area contributed by atoms with Crippen LogP contribution in [0.25, 0.3) is 0 Å². The summed E-state index contributed by atoms with van der Waals surface area (Å²) in [6, 6.07) is 9.62. The molecule has 1 amide bonds. The number of nitrogens with one attached hydrogen (secondary N) is 1. The normalized spacial score (nSPS) is 16.2. The van der Waals surface area contributed by atoms with E-state index in [9.17, 15) is 14.9 Å². The van der Waals surface area contributed by atoms with Crippen molar-refractivity contribution in [3.63, 3.8) is 0 Å². The molecule has 8 nitrogen and oxygen atoms in total. The summed E-state index contributed by atoms with van der Waals surface area (Å²) in [5.74, 6) is 1.06. The minimum absolute atomic E-state index is 0.0616. The van der Waals surface area contributed by atoms with Gasteiger partial charge in [-0.25, -0.2) is 0 Å². The van der Waals surface area contributed by atoms with Crippen LogP contribution in [0.2, 0.25) is 0 Å². The van der Waals surface area contributed by atoms with Gasteiger partial charge in [0.05, 0.1) is 24.8 Å². The summed E-state index contributed by atoms with van der Waals surface area (Å²) in [6.45, 7) is 3.69. The van der Waals surface area contributed by atoms with Gasteiger partial charge < -0.3 is 19.7 Å².